The molecule has 12 heteroatoms. The molecule has 2 aliphatic heterocycles. The Hall–Kier alpha value is -3.96. The summed E-state index contributed by atoms with van der Waals surface area (Å²) in [5.74, 6) is -2.33. The Bertz CT molecular complexity index is 1420. The maximum Gasteiger partial charge on any atom is 0.303 e. The number of hydrogen-bond acceptors (Lipinski definition) is 11. The molecule has 11 nitrogen and oxygen atoms in total. The number of ketones is 1. The second-order valence-electron chi connectivity index (χ2n) is 10.4. The largest absolute Gasteiger partial charge is 0.491 e. The number of carbonyl (C=O) groups is 5. The zero-order valence-corrected chi connectivity index (χ0v) is 25.2. The number of Topliss-reactive ketones (excluding diaryl/α,β-unsaturated/α-hetero) is 1. The van der Waals surface area contributed by atoms with E-state index in [1.54, 1.807) is 12.1 Å². The normalized spacial score (nSPS) is 22.5. The number of esters is 4. The van der Waals surface area contributed by atoms with Crippen LogP contribution in [-0.4, -0.2) is 67.3 Å². The molecule has 0 radical (unpaired) electrons. The summed E-state index contributed by atoms with van der Waals surface area (Å²) in [6.45, 7) is 6.23. The van der Waals surface area contributed by atoms with Gasteiger partial charge in [-0.3, -0.25) is 24.0 Å². The summed E-state index contributed by atoms with van der Waals surface area (Å²) < 4.78 is 34.3. The molecular weight excluding hydrogens is 584 g/mol. The van der Waals surface area contributed by atoms with Crippen LogP contribution in [0.15, 0.2) is 30.3 Å². The van der Waals surface area contributed by atoms with Crippen molar-refractivity contribution in [2.24, 2.45) is 0 Å². The molecule has 2 aromatic rings. The average Bonchev–Trinajstić information content (AvgIpc) is 3.42. The third kappa shape index (κ3) is 7.52. The highest BCUT2D eigenvalue weighted by atomic mass is 35.5. The van der Waals surface area contributed by atoms with Crippen LogP contribution in [0.3, 0.4) is 0 Å². The van der Waals surface area contributed by atoms with Gasteiger partial charge in [-0.15, -0.1) is 0 Å². The van der Waals surface area contributed by atoms with Crippen molar-refractivity contribution in [3.63, 3.8) is 0 Å². The highest BCUT2D eigenvalue weighted by Gasteiger charge is 2.53. The van der Waals surface area contributed by atoms with Gasteiger partial charge in [0.1, 0.15) is 24.6 Å². The molecule has 4 rings (SSSR count). The molecule has 0 amide bonds. The molecule has 2 aromatic carbocycles. The lowest BCUT2D eigenvalue weighted by atomic mass is 9.86. The Morgan fingerprint density at radius 2 is 1.44 bits per heavy atom. The molecule has 0 saturated carbocycles. The third-order valence-corrected chi connectivity index (χ3v) is 7.50. The predicted octanol–water partition coefficient (Wildman–Crippen LogP) is 3.87. The maximum atomic E-state index is 12.4. The van der Waals surface area contributed by atoms with Crippen molar-refractivity contribution < 1.29 is 52.4 Å². The Balaban J connectivity index is 1.84. The first kappa shape index (κ1) is 32.0. The topological polar surface area (TPSA) is 141 Å². The van der Waals surface area contributed by atoms with Gasteiger partial charge < -0.3 is 28.4 Å². The van der Waals surface area contributed by atoms with Crippen molar-refractivity contribution in [1.82, 2.24) is 0 Å². The van der Waals surface area contributed by atoms with Crippen LogP contribution in [0.5, 0.6) is 5.75 Å². The summed E-state index contributed by atoms with van der Waals surface area (Å²) >= 11 is 6.82. The van der Waals surface area contributed by atoms with Crippen LogP contribution in [0, 0.1) is 0 Å². The van der Waals surface area contributed by atoms with Crippen LogP contribution in [0.2, 0.25) is 5.02 Å². The molecule has 1 unspecified atom stereocenters. The van der Waals surface area contributed by atoms with E-state index < -0.39 is 54.4 Å². The average molecular weight is 617 g/mol. The molecule has 2 heterocycles. The molecule has 230 valence electrons. The fourth-order valence-corrected chi connectivity index (χ4v) is 5.64. The molecule has 1 fully saturated rings. The molecule has 0 spiro atoms. The molecule has 43 heavy (non-hydrogen) atoms. The summed E-state index contributed by atoms with van der Waals surface area (Å²) in [5, 5.41) is 0.400. The lowest BCUT2D eigenvalue weighted by Crippen LogP contribution is -2.59. The van der Waals surface area contributed by atoms with Gasteiger partial charge in [0.25, 0.3) is 0 Å². The van der Waals surface area contributed by atoms with Crippen LogP contribution in [0.4, 0.5) is 0 Å². The minimum Gasteiger partial charge on any atom is -0.491 e. The lowest BCUT2D eigenvalue weighted by Gasteiger charge is -2.45. The number of hydrogen-bond donors (Lipinski definition) is 0. The van der Waals surface area contributed by atoms with Crippen molar-refractivity contribution in [2.75, 3.05) is 13.2 Å². The predicted molar refractivity (Wildman–Crippen MR) is 151 cm³/mol. The van der Waals surface area contributed by atoms with Gasteiger partial charge >= 0.3 is 23.9 Å². The summed E-state index contributed by atoms with van der Waals surface area (Å²) in [4.78, 5) is 60.1. The van der Waals surface area contributed by atoms with Crippen molar-refractivity contribution in [3.05, 3.63) is 63.2 Å². The van der Waals surface area contributed by atoms with E-state index in [4.69, 9.17) is 40.0 Å². The first-order valence-electron chi connectivity index (χ1n) is 13.7. The highest BCUT2D eigenvalue weighted by Crippen LogP contribution is 2.46. The summed E-state index contributed by atoms with van der Waals surface area (Å²) in [6.07, 6.45) is -5.15. The van der Waals surface area contributed by atoms with E-state index in [0.717, 1.165) is 5.56 Å². The number of halogens is 1. The minimum atomic E-state index is -1.30. The Labute approximate surface area is 253 Å². The van der Waals surface area contributed by atoms with Gasteiger partial charge in [0.2, 0.25) is 0 Å². The van der Waals surface area contributed by atoms with E-state index in [0.29, 0.717) is 52.5 Å². The van der Waals surface area contributed by atoms with E-state index >= 15 is 0 Å². The number of carbonyl (C=O) groups excluding carboxylic acids is 5. The van der Waals surface area contributed by atoms with Crippen molar-refractivity contribution in [1.29, 1.82) is 0 Å². The third-order valence-electron chi connectivity index (χ3n) is 7.08. The van der Waals surface area contributed by atoms with Crippen LogP contribution < -0.4 is 4.74 Å². The van der Waals surface area contributed by atoms with Crippen molar-refractivity contribution in [2.45, 2.75) is 78.0 Å². The quantitative estimate of drug-likeness (QED) is 0.230. The highest BCUT2D eigenvalue weighted by molar-refractivity contribution is 6.33. The van der Waals surface area contributed by atoms with E-state index in [1.165, 1.54) is 34.6 Å². The van der Waals surface area contributed by atoms with Gasteiger partial charge in [0, 0.05) is 45.2 Å². The summed E-state index contributed by atoms with van der Waals surface area (Å²) in [6, 6.07) is 8.94. The van der Waals surface area contributed by atoms with Crippen molar-refractivity contribution >= 4 is 41.3 Å². The van der Waals surface area contributed by atoms with Gasteiger partial charge in [-0.25, -0.2) is 0 Å². The fraction of sp³-hybridized carbons (Fsp3) is 0.452. The van der Waals surface area contributed by atoms with Gasteiger partial charge in [-0.1, -0.05) is 41.9 Å². The summed E-state index contributed by atoms with van der Waals surface area (Å²) in [5.41, 5.74) is 3.38. The lowest BCUT2D eigenvalue weighted by molar-refractivity contribution is -0.254. The number of benzene rings is 2. The maximum absolute atomic E-state index is 12.4. The Morgan fingerprint density at radius 3 is 2.02 bits per heavy atom. The van der Waals surface area contributed by atoms with Gasteiger partial charge in [-0.05, 0) is 30.0 Å². The van der Waals surface area contributed by atoms with E-state index in [-0.39, 0.29) is 12.4 Å². The van der Waals surface area contributed by atoms with Gasteiger partial charge in [0.15, 0.2) is 24.1 Å². The van der Waals surface area contributed by atoms with E-state index in [9.17, 15) is 24.0 Å². The monoisotopic (exact) mass is 616 g/mol. The molecule has 1 saturated heterocycles. The zero-order chi connectivity index (χ0) is 31.4. The van der Waals surface area contributed by atoms with Crippen molar-refractivity contribution in [3.8, 4) is 5.75 Å². The second-order valence-corrected chi connectivity index (χ2v) is 10.8. The van der Waals surface area contributed by atoms with Gasteiger partial charge in [-0.2, -0.15) is 0 Å². The first-order chi connectivity index (χ1) is 20.3. The Kier molecular flexibility index (Phi) is 10.1. The SMILES string of the molecule is CC(=O)OC[C@H]1O[C@@H](c2cc(Cc3ccc(C(C)=O)cc3)c(Cl)c3c2CCO3)[C@H](OC(C)=O)C(OC(C)=O)[C@@H]1OC(C)=O. The molecule has 0 aromatic heterocycles. The Morgan fingerprint density at radius 1 is 0.837 bits per heavy atom. The number of rotatable bonds is 9. The zero-order valence-electron chi connectivity index (χ0n) is 24.5. The van der Waals surface area contributed by atoms with Crippen LogP contribution >= 0.6 is 11.6 Å². The smallest absolute Gasteiger partial charge is 0.303 e. The molecule has 0 N–H and O–H groups in total. The van der Waals surface area contributed by atoms with Gasteiger partial charge in [0.05, 0.1) is 11.6 Å². The standard InChI is InChI=1S/C31H33ClO11/c1-15(33)21-8-6-20(7-9-21)12-22-13-24(23-10-11-38-27(23)26(22)32)28-30(41-18(4)36)31(42-19(5)37)29(40-17(3)35)25(43-28)14-39-16(2)34/h6-9,13,25,28-31H,10-12,14H2,1-5H3/t25-,28+,29-,30+,31?/m1/s1. The first-order valence-corrected chi connectivity index (χ1v) is 14.1. The molecule has 0 aliphatic carbocycles. The van der Waals surface area contributed by atoms with Crippen LogP contribution in [0.1, 0.15) is 73.3 Å². The van der Waals surface area contributed by atoms with Crippen LogP contribution in [0.25, 0.3) is 0 Å². The number of ether oxygens (including phenoxy) is 6. The second kappa shape index (κ2) is 13.6. The number of fused-ring (bicyclic) bond motifs is 1. The molecule has 5 atom stereocenters. The minimum absolute atomic E-state index is 0.0542. The molecular formula is C31H33ClO11. The summed E-state index contributed by atoms with van der Waals surface area (Å²) in [7, 11) is 0. The van der Waals surface area contributed by atoms with E-state index in [2.05, 4.69) is 0 Å². The van der Waals surface area contributed by atoms with E-state index in [1.807, 2.05) is 18.2 Å². The van der Waals surface area contributed by atoms with Crippen LogP contribution in [-0.2, 0) is 55.7 Å². The fourth-order valence-electron chi connectivity index (χ4n) is 5.35. The molecule has 0 bridgehead atoms. The molecule has 2 aliphatic rings.